The Morgan fingerprint density at radius 2 is 2.06 bits per heavy atom. The zero-order chi connectivity index (χ0) is 12.7. The normalized spacial score (nSPS) is 11.0. The lowest BCUT2D eigenvalue weighted by molar-refractivity contribution is 0.0603. The van der Waals surface area contributed by atoms with Crippen molar-refractivity contribution in [1.82, 2.24) is 4.98 Å². The molecule has 0 N–H and O–H groups in total. The minimum Gasteiger partial charge on any atom is -0.465 e. The van der Waals surface area contributed by atoms with Crippen molar-refractivity contribution in [1.29, 1.82) is 0 Å². The third-order valence-corrected chi connectivity index (χ3v) is 3.86. The van der Waals surface area contributed by atoms with Gasteiger partial charge in [-0.2, -0.15) is 11.3 Å². The Balaban J connectivity index is 2.48. The molecule has 1 aromatic carbocycles. The van der Waals surface area contributed by atoms with Crippen molar-refractivity contribution in [3.63, 3.8) is 0 Å². The van der Waals surface area contributed by atoms with Crippen LogP contribution in [0.2, 0.25) is 5.15 Å². The van der Waals surface area contributed by atoms with E-state index in [1.165, 1.54) is 7.11 Å². The number of methoxy groups -OCH3 is 1. The van der Waals surface area contributed by atoms with E-state index in [1.807, 2.05) is 22.9 Å². The first-order chi connectivity index (χ1) is 8.72. The Kier molecular flexibility index (Phi) is 2.69. The average molecular weight is 278 g/mol. The summed E-state index contributed by atoms with van der Waals surface area (Å²) in [6.07, 6.45) is 0. The van der Waals surface area contributed by atoms with Gasteiger partial charge in [-0.25, -0.2) is 9.78 Å². The number of hydrogen-bond donors (Lipinski definition) is 0. The molecule has 0 bridgehead atoms. The summed E-state index contributed by atoms with van der Waals surface area (Å²) in [5, 5.41) is 7.21. The molecule has 0 spiro atoms. The summed E-state index contributed by atoms with van der Waals surface area (Å²) in [5.74, 6) is -0.404. The van der Waals surface area contributed by atoms with E-state index in [1.54, 1.807) is 17.4 Å². The van der Waals surface area contributed by atoms with E-state index >= 15 is 0 Å². The SMILES string of the molecule is COC(=O)c1cccc2c1nc(Cl)c1cscc12. The summed E-state index contributed by atoms with van der Waals surface area (Å²) < 4.78 is 4.76. The highest BCUT2D eigenvalue weighted by molar-refractivity contribution is 7.09. The summed E-state index contributed by atoms with van der Waals surface area (Å²) in [7, 11) is 1.35. The summed E-state index contributed by atoms with van der Waals surface area (Å²) in [5.41, 5.74) is 1.02. The molecule has 0 atom stereocenters. The highest BCUT2D eigenvalue weighted by atomic mass is 35.5. The van der Waals surface area contributed by atoms with Crippen molar-refractivity contribution in [3.05, 3.63) is 39.7 Å². The summed E-state index contributed by atoms with van der Waals surface area (Å²) in [6, 6.07) is 5.44. The molecular formula is C13H8ClNO2S. The van der Waals surface area contributed by atoms with E-state index in [4.69, 9.17) is 16.3 Å². The second-order valence-corrected chi connectivity index (χ2v) is 4.90. The van der Waals surface area contributed by atoms with Crippen LogP contribution in [0.15, 0.2) is 29.0 Å². The predicted octanol–water partition coefficient (Wildman–Crippen LogP) is 3.89. The number of esters is 1. The number of halogens is 1. The fourth-order valence-corrected chi connectivity index (χ4v) is 3.12. The van der Waals surface area contributed by atoms with Crippen molar-refractivity contribution in [2.45, 2.75) is 0 Å². The van der Waals surface area contributed by atoms with Gasteiger partial charge in [0.2, 0.25) is 0 Å². The lowest BCUT2D eigenvalue weighted by Crippen LogP contribution is -2.03. The van der Waals surface area contributed by atoms with Gasteiger partial charge in [0.05, 0.1) is 18.2 Å². The Labute approximate surface area is 112 Å². The number of fused-ring (bicyclic) bond motifs is 3. The molecule has 3 rings (SSSR count). The molecule has 90 valence electrons. The lowest BCUT2D eigenvalue weighted by atomic mass is 10.1. The van der Waals surface area contributed by atoms with Crippen LogP contribution in [0.3, 0.4) is 0 Å². The molecule has 0 amide bonds. The number of aromatic nitrogens is 1. The van der Waals surface area contributed by atoms with Gasteiger partial charge in [0.25, 0.3) is 0 Å². The topological polar surface area (TPSA) is 39.2 Å². The Bertz CT molecular complexity index is 766. The number of benzene rings is 1. The third kappa shape index (κ3) is 1.57. The number of nitrogens with zero attached hydrogens (tertiary/aromatic N) is 1. The molecule has 3 aromatic rings. The summed E-state index contributed by atoms with van der Waals surface area (Å²) >= 11 is 7.70. The predicted molar refractivity (Wildman–Crippen MR) is 73.5 cm³/mol. The maximum absolute atomic E-state index is 11.7. The molecule has 0 radical (unpaired) electrons. The van der Waals surface area contributed by atoms with Crippen LogP contribution < -0.4 is 0 Å². The lowest BCUT2D eigenvalue weighted by Gasteiger charge is -2.06. The maximum atomic E-state index is 11.7. The van der Waals surface area contributed by atoms with Crippen LogP contribution in [0.4, 0.5) is 0 Å². The molecule has 2 aromatic heterocycles. The first-order valence-electron chi connectivity index (χ1n) is 5.25. The zero-order valence-corrected chi connectivity index (χ0v) is 11.0. The smallest absolute Gasteiger partial charge is 0.340 e. The molecule has 18 heavy (non-hydrogen) atoms. The number of carbonyl (C=O) groups excluding carboxylic acids is 1. The number of pyridine rings is 1. The summed E-state index contributed by atoms with van der Waals surface area (Å²) in [4.78, 5) is 16.0. The van der Waals surface area contributed by atoms with Crippen LogP contribution in [0.1, 0.15) is 10.4 Å². The number of rotatable bonds is 1. The molecule has 0 unspecified atom stereocenters. The molecular weight excluding hydrogens is 270 g/mol. The monoisotopic (exact) mass is 277 g/mol. The van der Waals surface area contributed by atoms with Gasteiger partial charge in [-0.1, -0.05) is 23.7 Å². The van der Waals surface area contributed by atoms with Crippen LogP contribution in [-0.2, 0) is 4.74 Å². The number of carbonyl (C=O) groups is 1. The quantitative estimate of drug-likeness (QED) is 0.500. The minimum absolute atomic E-state index is 0.404. The largest absolute Gasteiger partial charge is 0.465 e. The second-order valence-electron chi connectivity index (χ2n) is 3.80. The maximum Gasteiger partial charge on any atom is 0.340 e. The van der Waals surface area contributed by atoms with Crippen molar-refractivity contribution < 1.29 is 9.53 Å². The van der Waals surface area contributed by atoms with Crippen LogP contribution in [-0.4, -0.2) is 18.1 Å². The molecule has 5 heteroatoms. The van der Waals surface area contributed by atoms with Gasteiger partial charge in [0.15, 0.2) is 0 Å². The highest BCUT2D eigenvalue weighted by Crippen LogP contribution is 2.33. The van der Waals surface area contributed by atoms with Gasteiger partial charge in [0, 0.05) is 21.5 Å². The number of ether oxygens (including phenoxy) is 1. The fraction of sp³-hybridized carbons (Fsp3) is 0.0769. The molecule has 0 fully saturated rings. The zero-order valence-electron chi connectivity index (χ0n) is 9.44. The van der Waals surface area contributed by atoms with E-state index in [2.05, 4.69) is 4.98 Å². The Morgan fingerprint density at radius 1 is 1.28 bits per heavy atom. The third-order valence-electron chi connectivity index (χ3n) is 2.83. The Hall–Kier alpha value is -1.65. The van der Waals surface area contributed by atoms with Crippen LogP contribution in [0, 0.1) is 0 Å². The molecule has 0 aliphatic carbocycles. The number of hydrogen-bond acceptors (Lipinski definition) is 4. The van der Waals surface area contributed by atoms with E-state index in [0.29, 0.717) is 16.2 Å². The molecule has 0 aliphatic heterocycles. The van der Waals surface area contributed by atoms with Crippen molar-refractivity contribution >= 4 is 50.6 Å². The second kappa shape index (κ2) is 4.23. The van der Waals surface area contributed by atoms with Gasteiger partial charge in [0.1, 0.15) is 5.15 Å². The van der Waals surface area contributed by atoms with Gasteiger partial charge >= 0.3 is 5.97 Å². The van der Waals surface area contributed by atoms with Gasteiger partial charge < -0.3 is 4.74 Å². The standard InChI is InChI=1S/C13H8ClNO2S/c1-17-13(16)8-4-2-3-7-9-5-18-6-10(9)12(14)15-11(7)8/h2-6H,1H3. The number of thiophene rings is 1. The van der Waals surface area contributed by atoms with Crippen LogP contribution in [0.5, 0.6) is 0 Å². The molecule has 2 heterocycles. The van der Waals surface area contributed by atoms with E-state index in [0.717, 1.165) is 16.2 Å². The van der Waals surface area contributed by atoms with E-state index < -0.39 is 5.97 Å². The van der Waals surface area contributed by atoms with Gasteiger partial charge in [-0.15, -0.1) is 0 Å². The van der Waals surface area contributed by atoms with Gasteiger partial charge in [-0.3, -0.25) is 0 Å². The van der Waals surface area contributed by atoms with Crippen LogP contribution >= 0.6 is 22.9 Å². The summed E-state index contributed by atoms with van der Waals surface area (Å²) in [6.45, 7) is 0. The number of para-hydroxylation sites is 1. The van der Waals surface area contributed by atoms with Crippen LogP contribution in [0.25, 0.3) is 21.7 Å². The molecule has 0 saturated heterocycles. The van der Waals surface area contributed by atoms with Crippen molar-refractivity contribution in [2.24, 2.45) is 0 Å². The van der Waals surface area contributed by atoms with E-state index in [-0.39, 0.29) is 0 Å². The van der Waals surface area contributed by atoms with Crippen molar-refractivity contribution in [2.75, 3.05) is 7.11 Å². The Morgan fingerprint density at radius 3 is 2.83 bits per heavy atom. The highest BCUT2D eigenvalue weighted by Gasteiger charge is 2.15. The van der Waals surface area contributed by atoms with Crippen molar-refractivity contribution in [3.8, 4) is 0 Å². The molecule has 3 nitrogen and oxygen atoms in total. The fourth-order valence-electron chi connectivity index (χ4n) is 1.98. The molecule has 0 aliphatic rings. The van der Waals surface area contributed by atoms with Gasteiger partial charge in [-0.05, 0) is 11.4 Å². The molecule has 0 saturated carbocycles. The first-order valence-corrected chi connectivity index (χ1v) is 6.57. The average Bonchev–Trinajstić information content (AvgIpc) is 2.87. The first kappa shape index (κ1) is 11.4. The minimum atomic E-state index is -0.404. The van der Waals surface area contributed by atoms with E-state index in [9.17, 15) is 4.79 Å².